The first-order valence-corrected chi connectivity index (χ1v) is 7.57. The molecule has 1 aliphatic rings. The summed E-state index contributed by atoms with van der Waals surface area (Å²) in [5.41, 5.74) is 0.433. The van der Waals surface area contributed by atoms with E-state index in [0.29, 0.717) is 5.56 Å². The van der Waals surface area contributed by atoms with E-state index >= 15 is 0 Å². The number of carbonyl (C=O) groups excluding carboxylic acids is 2. The number of hydrogen-bond acceptors (Lipinski definition) is 2. The van der Waals surface area contributed by atoms with Crippen molar-refractivity contribution < 1.29 is 9.59 Å². The third-order valence-corrected chi connectivity index (χ3v) is 4.24. The van der Waals surface area contributed by atoms with Crippen molar-refractivity contribution >= 4 is 33.5 Å². The summed E-state index contributed by atoms with van der Waals surface area (Å²) in [6, 6.07) is 15.8. The SMILES string of the molecule is CC1(c2ccc(Br)cc2)NC(=O)N=C(c2ccccc2)C1=O. The number of halogens is 1. The van der Waals surface area contributed by atoms with Gasteiger partial charge >= 0.3 is 6.03 Å². The fourth-order valence-corrected chi connectivity index (χ4v) is 2.73. The summed E-state index contributed by atoms with van der Waals surface area (Å²) in [6.45, 7) is 1.70. The summed E-state index contributed by atoms with van der Waals surface area (Å²) >= 11 is 3.37. The first-order valence-electron chi connectivity index (χ1n) is 6.78. The molecule has 2 aromatic carbocycles. The van der Waals surface area contributed by atoms with Crippen LogP contribution in [0.4, 0.5) is 4.79 Å². The van der Waals surface area contributed by atoms with Gasteiger partial charge in [0, 0.05) is 10.0 Å². The van der Waals surface area contributed by atoms with Gasteiger partial charge in [0.05, 0.1) is 0 Å². The predicted molar refractivity (Wildman–Crippen MR) is 88.0 cm³/mol. The van der Waals surface area contributed by atoms with E-state index in [1.54, 1.807) is 19.1 Å². The van der Waals surface area contributed by atoms with E-state index in [2.05, 4.69) is 26.2 Å². The molecule has 4 nitrogen and oxygen atoms in total. The van der Waals surface area contributed by atoms with E-state index in [4.69, 9.17) is 0 Å². The fraction of sp³-hybridized carbons (Fsp3) is 0.118. The Labute approximate surface area is 136 Å². The first-order chi connectivity index (χ1) is 10.5. The third kappa shape index (κ3) is 2.48. The zero-order chi connectivity index (χ0) is 15.7. The summed E-state index contributed by atoms with van der Waals surface area (Å²) in [5.74, 6) is -0.222. The standard InChI is InChI=1S/C17H13BrN2O2/c1-17(12-7-9-13(18)10-8-12)15(21)14(19-16(22)20-17)11-5-3-2-4-6-11/h2-10H,1H3,(H,20,22). The first kappa shape index (κ1) is 14.7. The van der Waals surface area contributed by atoms with Crippen LogP contribution in [-0.4, -0.2) is 17.5 Å². The number of nitrogens with zero attached hydrogens (tertiary/aromatic N) is 1. The normalized spacial score (nSPS) is 21.3. The van der Waals surface area contributed by atoms with Gasteiger partial charge in [-0.25, -0.2) is 4.79 Å². The van der Waals surface area contributed by atoms with Crippen molar-refractivity contribution in [3.63, 3.8) is 0 Å². The molecule has 0 spiro atoms. The average Bonchev–Trinajstić information content (AvgIpc) is 2.52. The van der Waals surface area contributed by atoms with Crippen LogP contribution in [0.15, 0.2) is 64.1 Å². The number of Topliss-reactive ketones (excluding diaryl/α,β-unsaturated/α-hetero) is 1. The predicted octanol–water partition coefficient (Wildman–Crippen LogP) is 3.45. The molecule has 110 valence electrons. The number of nitrogens with one attached hydrogen (secondary N) is 1. The summed E-state index contributed by atoms with van der Waals surface area (Å²) in [7, 11) is 0. The van der Waals surface area contributed by atoms with Gasteiger partial charge in [-0.15, -0.1) is 0 Å². The average molecular weight is 357 g/mol. The maximum Gasteiger partial charge on any atom is 0.342 e. The highest BCUT2D eigenvalue weighted by molar-refractivity contribution is 9.10. The van der Waals surface area contributed by atoms with E-state index in [0.717, 1.165) is 10.0 Å². The number of ketones is 1. The maximum atomic E-state index is 12.9. The van der Waals surface area contributed by atoms with E-state index < -0.39 is 11.6 Å². The molecule has 5 heteroatoms. The van der Waals surface area contributed by atoms with Crippen molar-refractivity contribution in [2.45, 2.75) is 12.5 Å². The van der Waals surface area contributed by atoms with Crippen LogP contribution in [0, 0.1) is 0 Å². The minimum atomic E-state index is -1.12. The number of amides is 2. The number of benzene rings is 2. The molecule has 0 bridgehead atoms. The molecule has 2 aromatic rings. The van der Waals surface area contributed by atoms with Crippen molar-refractivity contribution in [1.29, 1.82) is 0 Å². The topological polar surface area (TPSA) is 58.5 Å². The Balaban J connectivity index is 2.08. The summed E-state index contributed by atoms with van der Waals surface area (Å²) in [4.78, 5) is 28.8. The lowest BCUT2D eigenvalue weighted by Crippen LogP contribution is -2.55. The van der Waals surface area contributed by atoms with Gasteiger partial charge in [0.15, 0.2) is 0 Å². The molecular formula is C17H13BrN2O2. The molecular weight excluding hydrogens is 344 g/mol. The van der Waals surface area contributed by atoms with Gasteiger partial charge in [-0.1, -0.05) is 58.4 Å². The minimum Gasteiger partial charge on any atom is -0.319 e. The lowest BCUT2D eigenvalue weighted by Gasteiger charge is -2.32. The van der Waals surface area contributed by atoms with Crippen LogP contribution >= 0.6 is 15.9 Å². The van der Waals surface area contributed by atoms with Crippen molar-refractivity contribution in [2.24, 2.45) is 4.99 Å². The Morgan fingerprint density at radius 1 is 1.00 bits per heavy atom. The van der Waals surface area contributed by atoms with Gasteiger partial charge < -0.3 is 5.32 Å². The van der Waals surface area contributed by atoms with Gasteiger partial charge in [0.25, 0.3) is 0 Å². The second-order valence-corrected chi connectivity index (χ2v) is 6.13. The molecule has 1 aliphatic heterocycles. The third-order valence-electron chi connectivity index (χ3n) is 3.71. The Morgan fingerprint density at radius 2 is 1.64 bits per heavy atom. The lowest BCUT2D eigenvalue weighted by atomic mass is 9.82. The van der Waals surface area contributed by atoms with Crippen LogP contribution in [0.25, 0.3) is 0 Å². The van der Waals surface area contributed by atoms with E-state index in [9.17, 15) is 9.59 Å². The Morgan fingerprint density at radius 3 is 2.27 bits per heavy atom. The molecule has 2 amide bonds. The number of rotatable bonds is 2. The quantitative estimate of drug-likeness (QED) is 0.895. The van der Waals surface area contributed by atoms with Crippen molar-refractivity contribution in [2.75, 3.05) is 0 Å². The highest BCUT2D eigenvalue weighted by Crippen LogP contribution is 2.28. The van der Waals surface area contributed by atoms with Gasteiger partial charge in [-0.05, 0) is 24.6 Å². The Kier molecular flexibility index (Phi) is 3.66. The van der Waals surface area contributed by atoms with Crippen LogP contribution in [0.3, 0.4) is 0 Å². The molecule has 1 atom stereocenters. The van der Waals surface area contributed by atoms with Gasteiger partial charge in [-0.3, -0.25) is 4.79 Å². The largest absolute Gasteiger partial charge is 0.342 e. The van der Waals surface area contributed by atoms with Crippen LogP contribution in [0.2, 0.25) is 0 Å². The molecule has 1 heterocycles. The Hall–Kier alpha value is -2.27. The summed E-state index contributed by atoms with van der Waals surface area (Å²) in [5, 5.41) is 2.69. The lowest BCUT2D eigenvalue weighted by molar-refractivity contribution is -0.118. The van der Waals surface area contributed by atoms with Gasteiger partial charge in [-0.2, -0.15) is 4.99 Å². The number of hydrogen-bond donors (Lipinski definition) is 1. The molecule has 1 unspecified atom stereocenters. The van der Waals surface area contributed by atoms with Crippen molar-refractivity contribution in [3.8, 4) is 0 Å². The zero-order valence-corrected chi connectivity index (χ0v) is 13.4. The van der Waals surface area contributed by atoms with E-state index in [-0.39, 0.29) is 11.5 Å². The minimum absolute atomic E-state index is 0.190. The number of urea groups is 1. The van der Waals surface area contributed by atoms with Gasteiger partial charge in [0.2, 0.25) is 5.78 Å². The smallest absolute Gasteiger partial charge is 0.319 e. The fourth-order valence-electron chi connectivity index (χ4n) is 2.47. The maximum absolute atomic E-state index is 12.9. The van der Waals surface area contributed by atoms with Gasteiger partial charge in [0.1, 0.15) is 11.3 Å². The molecule has 0 aliphatic carbocycles. The van der Waals surface area contributed by atoms with E-state index in [1.807, 2.05) is 42.5 Å². The molecule has 1 N–H and O–H groups in total. The highest BCUT2D eigenvalue weighted by Gasteiger charge is 2.43. The summed E-state index contributed by atoms with van der Waals surface area (Å²) < 4.78 is 0.909. The molecule has 3 rings (SSSR count). The van der Waals surface area contributed by atoms with Crippen LogP contribution in [-0.2, 0) is 10.3 Å². The van der Waals surface area contributed by atoms with Crippen molar-refractivity contribution in [3.05, 3.63) is 70.2 Å². The second-order valence-electron chi connectivity index (χ2n) is 5.22. The number of carbonyl (C=O) groups is 2. The zero-order valence-electron chi connectivity index (χ0n) is 11.8. The highest BCUT2D eigenvalue weighted by atomic mass is 79.9. The van der Waals surface area contributed by atoms with Crippen LogP contribution < -0.4 is 5.32 Å². The van der Waals surface area contributed by atoms with Crippen LogP contribution in [0.1, 0.15) is 18.1 Å². The summed E-state index contributed by atoms with van der Waals surface area (Å²) in [6.07, 6.45) is 0. The van der Waals surface area contributed by atoms with Crippen molar-refractivity contribution in [1.82, 2.24) is 5.32 Å². The molecule has 22 heavy (non-hydrogen) atoms. The molecule has 0 saturated carbocycles. The van der Waals surface area contributed by atoms with Crippen LogP contribution in [0.5, 0.6) is 0 Å². The molecule has 0 saturated heterocycles. The molecule has 0 fully saturated rings. The second kappa shape index (κ2) is 5.50. The van der Waals surface area contributed by atoms with E-state index in [1.165, 1.54) is 0 Å². The Bertz CT molecular complexity index is 769. The monoisotopic (exact) mass is 356 g/mol. The molecule has 0 aromatic heterocycles. The molecule has 0 radical (unpaired) electrons. The number of aliphatic imine (C=N–C) groups is 1.